The van der Waals surface area contributed by atoms with Gasteiger partial charge in [0.1, 0.15) is 0 Å². The van der Waals surface area contributed by atoms with Gasteiger partial charge in [-0.15, -0.1) is 0 Å². The molecule has 1 heteroatoms. The SMILES string of the molecule is C[As]1c2ccccc2C=Cc2ccccc21. The van der Waals surface area contributed by atoms with E-state index in [1.807, 2.05) is 0 Å². The van der Waals surface area contributed by atoms with E-state index in [9.17, 15) is 0 Å². The molecule has 0 aliphatic carbocycles. The first-order valence-electron chi connectivity index (χ1n) is 5.46. The first kappa shape index (κ1) is 9.93. The van der Waals surface area contributed by atoms with Crippen LogP contribution in [-0.2, 0) is 0 Å². The Balaban J connectivity index is 2.26. The zero-order valence-electron chi connectivity index (χ0n) is 9.22. The number of benzene rings is 2. The summed E-state index contributed by atoms with van der Waals surface area (Å²) in [5.74, 6) is 0. The number of hydrogen-bond acceptors (Lipinski definition) is 0. The Bertz CT molecular complexity index is 505. The van der Waals surface area contributed by atoms with E-state index in [1.165, 1.54) is 11.1 Å². The van der Waals surface area contributed by atoms with Gasteiger partial charge in [0.25, 0.3) is 0 Å². The summed E-state index contributed by atoms with van der Waals surface area (Å²) in [4.78, 5) is 0. The molecule has 1 aliphatic heterocycles. The summed E-state index contributed by atoms with van der Waals surface area (Å²) in [5.41, 5.74) is 5.24. The second-order valence-electron chi connectivity index (χ2n) is 4.01. The van der Waals surface area contributed by atoms with Gasteiger partial charge in [-0.25, -0.2) is 0 Å². The van der Waals surface area contributed by atoms with Crippen LogP contribution >= 0.6 is 0 Å². The average Bonchev–Trinajstić information content (AvgIpc) is 2.49. The van der Waals surface area contributed by atoms with E-state index < -0.39 is 14.7 Å². The zero-order valence-corrected chi connectivity index (χ0v) is 11.1. The summed E-state index contributed by atoms with van der Waals surface area (Å²) < 4.78 is 3.13. The molecule has 0 spiro atoms. The van der Waals surface area contributed by atoms with Gasteiger partial charge in [0, 0.05) is 0 Å². The molecule has 2 aromatic rings. The van der Waals surface area contributed by atoms with Crippen molar-refractivity contribution in [2.75, 3.05) is 0 Å². The normalized spacial score (nSPS) is 14.1. The van der Waals surface area contributed by atoms with Crippen LogP contribution in [0.3, 0.4) is 0 Å². The molecule has 0 saturated carbocycles. The van der Waals surface area contributed by atoms with Crippen molar-refractivity contribution in [3.63, 3.8) is 0 Å². The Morgan fingerprint density at radius 2 is 1.12 bits per heavy atom. The van der Waals surface area contributed by atoms with Crippen LogP contribution in [-0.4, -0.2) is 14.7 Å². The number of rotatable bonds is 0. The first-order valence-corrected chi connectivity index (χ1v) is 9.21. The minimum absolute atomic E-state index is 1.07. The summed E-state index contributed by atoms with van der Waals surface area (Å²) in [6.07, 6.45) is 4.51. The molecule has 78 valence electrons. The molecule has 0 aromatic heterocycles. The Morgan fingerprint density at radius 1 is 0.688 bits per heavy atom. The summed E-state index contributed by atoms with van der Waals surface area (Å²) in [6.45, 7) is 0. The molecule has 2 aromatic carbocycles. The standard InChI is InChI=1S/C15H13As/c1-16-14-8-4-2-6-12(14)10-11-13-7-3-5-9-15(13)16/h2-11H,1H3. The average molecular weight is 268 g/mol. The summed E-state index contributed by atoms with van der Waals surface area (Å²) in [7, 11) is 0. The third-order valence-corrected chi connectivity index (χ3v) is 7.78. The summed E-state index contributed by atoms with van der Waals surface area (Å²) in [5, 5.41) is 0. The van der Waals surface area contributed by atoms with Gasteiger partial charge in [0.2, 0.25) is 0 Å². The van der Waals surface area contributed by atoms with Gasteiger partial charge in [-0.05, 0) is 0 Å². The predicted molar refractivity (Wildman–Crippen MR) is 72.7 cm³/mol. The molecule has 0 atom stereocenters. The van der Waals surface area contributed by atoms with Crippen molar-refractivity contribution in [2.45, 2.75) is 5.71 Å². The molecule has 3 rings (SSSR count). The third-order valence-electron chi connectivity index (χ3n) is 3.04. The molecule has 1 heterocycles. The van der Waals surface area contributed by atoms with Gasteiger partial charge in [0.05, 0.1) is 0 Å². The quantitative estimate of drug-likeness (QED) is 0.644. The van der Waals surface area contributed by atoms with Gasteiger partial charge >= 0.3 is 101 Å². The second kappa shape index (κ2) is 3.96. The molecular weight excluding hydrogens is 255 g/mol. The Labute approximate surface area is 101 Å². The van der Waals surface area contributed by atoms with Crippen LogP contribution in [0, 0.1) is 0 Å². The van der Waals surface area contributed by atoms with Crippen molar-refractivity contribution in [3.05, 3.63) is 59.7 Å². The molecule has 0 saturated heterocycles. The molecule has 0 radical (unpaired) electrons. The van der Waals surface area contributed by atoms with Crippen LogP contribution in [0.25, 0.3) is 12.2 Å². The van der Waals surface area contributed by atoms with Crippen LogP contribution in [0.2, 0.25) is 5.71 Å². The topological polar surface area (TPSA) is 0 Å². The molecular formula is C15H13As. The van der Waals surface area contributed by atoms with Crippen molar-refractivity contribution in [1.82, 2.24) is 0 Å². The Kier molecular flexibility index (Phi) is 2.45. The monoisotopic (exact) mass is 268 g/mol. The molecule has 0 N–H and O–H groups in total. The van der Waals surface area contributed by atoms with E-state index in [1.54, 1.807) is 8.70 Å². The molecule has 0 amide bonds. The fourth-order valence-electron chi connectivity index (χ4n) is 2.18. The van der Waals surface area contributed by atoms with E-state index in [0.717, 1.165) is 0 Å². The Morgan fingerprint density at radius 3 is 1.62 bits per heavy atom. The maximum absolute atomic E-state index is 2.43. The molecule has 0 unspecified atom stereocenters. The van der Waals surface area contributed by atoms with E-state index in [0.29, 0.717) is 0 Å². The number of hydrogen-bond donors (Lipinski definition) is 0. The van der Waals surface area contributed by atoms with Crippen LogP contribution in [0.1, 0.15) is 11.1 Å². The summed E-state index contributed by atoms with van der Waals surface area (Å²) in [6, 6.07) is 17.6. The van der Waals surface area contributed by atoms with Crippen LogP contribution in [0.15, 0.2) is 48.5 Å². The van der Waals surface area contributed by atoms with Gasteiger partial charge in [-0.3, -0.25) is 0 Å². The van der Waals surface area contributed by atoms with Crippen molar-refractivity contribution in [3.8, 4) is 0 Å². The number of fused-ring (bicyclic) bond motifs is 2. The first-order chi connectivity index (χ1) is 7.86. The van der Waals surface area contributed by atoms with Crippen LogP contribution in [0.4, 0.5) is 0 Å². The van der Waals surface area contributed by atoms with Gasteiger partial charge in [-0.1, -0.05) is 0 Å². The van der Waals surface area contributed by atoms with Crippen LogP contribution in [0.5, 0.6) is 0 Å². The molecule has 0 nitrogen and oxygen atoms in total. The van der Waals surface area contributed by atoms with Crippen LogP contribution < -0.4 is 8.70 Å². The van der Waals surface area contributed by atoms with Gasteiger partial charge < -0.3 is 0 Å². The minimum atomic E-state index is -1.07. The second-order valence-corrected chi connectivity index (χ2v) is 8.38. The molecule has 16 heavy (non-hydrogen) atoms. The molecule has 0 bridgehead atoms. The van der Waals surface area contributed by atoms with Crippen molar-refractivity contribution >= 4 is 35.5 Å². The fraction of sp³-hybridized carbons (Fsp3) is 0.0667. The zero-order chi connectivity index (χ0) is 11.0. The predicted octanol–water partition coefficient (Wildman–Crippen LogP) is 2.41. The van der Waals surface area contributed by atoms with Crippen molar-refractivity contribution in [1.29, 1.82) is 0 Å². The van der Waals surface area contributed by atoms with Crippen molar-refractivity contribution in [2.24, 2.45) is 0 Å². The maximum atomic E-state index is 2.43. The van der Waals surface area contributed by atoms with Gasteiger partial charge in [0.15, 0.2) is 0 Å². The van der Waals surface area contributed by atoms with E-state index >= 15 is 0 Å². The third kappa shape index (κ3) is 1.54. The summed E-state index contributed by atoms with van der Waals surface area (Å²) >= 11 is -1.07. The molecule has 0 fully saturated rings. The molecule has 1 aliphatic rings. The fourth-order valence-corrected chi connectivity index (χ4v) is 6.27. The Hall–Kier alpha value is -1.26. The van der Waals surface area contributed by atoms with E-state index in [-0.39, 0.29) is 0 Å². The van der Waals surface area contributed by atoms with E-state index in [2.05, 4.69) is 66.4 Å². The van der Waals surface area contributed by atoms with Crippen molar-refractivity contribution < 1.29 is 0 Å². The van der Waals surface area contributed by atoms with E-state index in [4.69, 9.17) is 0 Å². The van der Waals surface area contributed by atoms with Gasteiger partial charge in [-0.2, -0.15) is 0 Å².